The highest BCUT2D eigenvalue weighted by molar-refractivity contribution is 6.35. The molecule has 340 valence electrons. The van der Waals surface area contributed by atoms with Gasteiger partial charge in [0.1, 0.15) is 11.8 Å². The van der Waals surface area contributed by atoms with Gasteiger partial charge in [-0.25, -0.2) is 0 Å². The number of nitrogens with one attached hydrogen (secondary N) is 3. The summed E-state index contributed by atoms with van der Waals surface area (Å²) in [7, 11) is 0. The van der Waals surface area contributed by atoms with Crippen molar-refractivity contribution in [2.75, 3.05) is 13.1 Å². The first-order chi connectivity index (χ1) is 28.2. The number of carbonyl (C=O) groups excluding carboxylic acids is 4. The van der Waals surface area contributed by atoms with Crippen molar-refractivity contribution in [3.05, 3.63) is 12.2 Å². The average molecular weight is 850 g/mol. The molecule has 2 spiro atoms. The second kappa shape index (κ2) is 19.6. The molecule has 6 N–H and O–H groups in total. The maximum atomic E-state index is 14.5. The van der Waals surface area contributed by atoms with Gasteiger partial charge in [0.25, 0.3) is 0 Å². The number of carboxylic acids is 1. The van der Waals surface area contributed by atoms with Gasteiger partial charge in [0.15, 0.2) is 11.6 Å². The standard InChI is InChI=1S/C44H71N3O13/c1-10-31(37(53)26(5)36(52)27(6)38-23(2)11-12-30(57-38)22-35(50)51)39-24(3)21-25(4)43(58-39)16-15-33(47-41(55)40(54)46-20-19-45-29(8)48)44(60-43)18-17-42(9,59-44)34-14-13-32(49)28(7)56-34/h15-16,23-28,30-34,36,38-39,49,52H,10-14,17-22H2,1-9H3,(H,45,48)(H,46,54)(H,47,55)(H,50,51)/t23-,24-,25+,26-,27-,28-,30+,31?,32+,33+,34+,36+,38+,39-,42-,43-,44-/m0/s1. The molecule has 4 saturated heterocycles. The number of hydrogen-bond donors (Lipinski definition) is 6. The molecule has 16 nitrogen and oxygen atoms in total. The van der Waals surface area contributed by atoms with E-state index in [1.165, 1.54) is 6.92 Å². The van der Waals surface area contributed by atoms with E-state index in [0.717, 1.165) is 6.42 Å². The van der Waals surface area contributed by atoms with Gasteiger partial charge in [-0.15, -0.1) is 0 Å². The molecule has 0 aromatic heterocycles. The number of Topliss-reactive ketones (excluding diaryl/α,β-unsaturated/α-hetero) is 1. The van der Waals surface area contributed by atoms with Gasteiger partial charge in [0.2, 0.25) is 5.91 Å². The van der Waals surface area contributed by atoms with E-state index in [2.05, 4.69) is 16.0 Å². The highest BCUT2D eigenvalue weighted by Gasteiger charge is 2.63. The molecule has 0 aromatic carbocycles. The van der Waals surface area contributed by atoms with Crippen molar-refractivity contribution in [2.24, 2.45) is 35.5 Å². The molecular weight excluding hydrogens is 778 g/mol. The molecule has 0 saturated carbocycles. The lowest BCUT2D eigenvalue weighted by Crippen LogP contribution is -2.66. The minimum absolute atomic E-state index is 0.0479. The van der Waals surface area contributed by atoms with Gasteiger partial charge in [-0.05, 0) is 76.7 Å². The average Bonchev–Trinajstić information content (AvgIpc) is 3.53. The summed E-state index contributed by atoms with van der Waals surface area (Å²) in [4.78, 5) is 63.5. The predicted molar refractivity (Wildman–Crippen MR) is 218 cm³/mol. The van der Waals surface area contributed by atoms with Gasteiger partial charge in [0.05, 0.1) is 54.7 Å². The highest BCUT2D eigenvalue weighted by atomic mass is 16.8. The number of aliphatic hydroxyl groups is 2. The molecule has 1 unspecified atom stereocenters. The van der Waals surface area contributed by atoms with Crippen LogP contribution in [-0.2, 0) is 47.7 Å². The zero-order valence-corrected chi connectivity index (χ0v) is 36.9. The number of ether oxygens (including phenoxy) is 5. The van der Waals surface area contributed by atoms with E-state index in [-0.39, 0.29) is 49.0 Å². The Morgan fingerprint density at radius 3 is 2.23 bits per heavy atom. The Morgan fingerprint density at radius 1 is 0.883 bits per heavy atom. The fourth-order valence-electron chi connectivity index (χ4n) is 10.3. The van der Waals surface area contributed by atoms with Crippen LogP contribution in [0.25, 0.3) is 0 Å². The Hall–Kier alpha value is -2.99. The normalized spacial score (nSPS) is 40.0. The quantitative estimate of drug-likeness (QED) is 0.0840. The number of hydrogen-bond acceptors (Lipinski definition) is 12. The summed E-state index contributed by atoms with van der Waals surface area (Å²) in [6.45, 7) is 16.9. The monoisotopic (exact) mass is 849 g/mol. The molecule has 3 amide bonds. The summed E-state index contributed by atoms with van der Waals surface area (Å²) in [5.74, 6) is -8.13. The summed E-state index contributed by atoms with van der Waals surface area (Å²) >= 11 is 0. The largest absolute Gasteiger partial charge is 0.481 e. The summed E-state index contributed by atoms with van der Waals surface area (Å²) in [6, 6.07) is -0.932. The Kier molecular flexibility index (Phi) is 15.7. The molecule has 0 radical (unpaired) electrons. The van der Waals surface area contributed by atoms with Crippen molar-refractivity contribution < 1.29 is 63.0 Å². The fourth-order valence-corrected chi connectivity index (χ4v) is 10.3. The smallest absolute Gasteiger partial charge is 0.309 e. The van der Waals surface area contributed by atoms with Crippen molar-refractivity contribution in [3.63, 3.8) is 0 Å². The minimum Gasteiger partial charge on any atom is -0.481 e. The van der Waals surface area contributed by atoms with Crippen molar-refractivity contribution in [1.29, 1.82) is 0 Å². The zero-order valence-electron chi connectivity index (χ0n) is 36.9. The Morgan fingerprint density at radius 2 is 1.58 bits per heavy atom. The third-order valence-corrected chi connectivity index (χ3v) is 14.1. The van der Waals surface area contributed by atoms with Gasteiger partial charge >= 0.3 is 17.8 Å². The molecule has 0 bridgehead atoms. The molecule has 4 fully saturated rings. The molecule has 0 aromatic rings. The maximum absolute atomic E-state index is 14.5. The molecule has 17 atom stereocenters. The van der Waals surface area contributed by atoms with E-state index in [9.17, 15) is 39.3 Å². The first-order valence-electron chi connectivity index (χ1n) is 22.2. The van der Waals surface area contributed by atoms with Gasteiger partial charge in [-0.3, -0.25) is 24.0 Å². The number of carboxylic acid groups (broad SMARTS) is 1. The molecule has 5 aliphatic rings. The van der Waals surface area contributed by atoms with Crippen LogP contribution in [0.3, 0.4) is 0 Å². The number of amides is 3. The van der Waals surface area contributed by atoms with Crippen molar-refractivity contribution in [3.8, 4) is 0 Å². The van der Waals surface area contributed by atoms with Gasteiger partial charge in [0, 0.05) is 50.1 Å². The van der Waals surface area contributed by atoms with Crippen LogP contribution in [-0.4, -0.2) is 124 Å². The Bertz CT molecular complexity index is 1600. The van der Waals surface area contributed by atoms with E-state index >= 15 is 0 Å². The molecule has 5 aliphatic heterocycles. The molecule has 5 rings (SSSR count). The van der Waals surface area contributed by atoms with Crippen molar-refractivity contribution >= 4 is 29.5 Å². The van der Waals surface area contributed by atoms with Gasteiger partial charge in [-0.1, -0.05) is 47.6 Å². The molecule has 16 heteroatoms. The minimum atomic E-state index is -1.52. The zero-order chi connectivity index (χ0) is 44.3. The van der Waals surface area contributed by atoms with Crippen LogP contribution in [0, 0.1) is 35.5 Å². The predicted octanol–water partition coefficient (Wildman–Crippen LogP) is 3.15. The number of rotatable bonds is 14. The summed E-state index contributed by atoms with van der Waals surface area (Å²) in [6.07, 6.45) is 3.71. The molecule has 5 heterocycles. The third-order valence-electron chi connectivity index (χ3n) is 14.1. The number of aliphatic hydroxyl groups excluding tert-OH is 2. The number of ketones is 1. The van der Waals surface area contributed by atoms with Crippen LogP contribution in [0.2, 0.25) is 0 Å². The van der Waals surface area contributed by atoms with Crippen LogP contribution in [0.15, 0.2) is 12.2 Å². The molecular formula is C44H71N3O13. The van der Waals surface area contributed by atoms with Crippen LogP contribution >= 0.6 is 0 Å². The Labute approximate surface area is 354 Å². The van der Waals surface area contributed by atoms with E-state index < -0.39 is 101 Å². The molecule has 0 aliphatic carbocycles. The van der Waals surface area contributed by atoms with Crippen LogP contribution in [0.1, 0.15) is 120 Å². The maximum Gasteiger partial charge on any atom is 0.309 e. The lowest BCUT2D eigenvalue weighted by molar-refractivity contribution is -0.397. The van der Waals surface area contributed by atoms with Crippen LogP contribution in [0.5, 0.6) is 0 Å². The topological polar surface area (TPSA) is 228 Å². The second-order valence-corrected chi connectivity index (χ2v) is 18.7. The van der Waals surface area contributed by atoms with Crippen LogP contribution < -0.4 is 16.0 Å². The lowest BCUT2D eigenvalue weighted by Gasteiger charge is -2.55. The number of carbonyl (C=O) groups is 5. The summed E-state index contributed by atoms with van der Waals surface area (Å²) in [5, 5.41) is 39.4. The summed E-state index contributed by atoms with van der Waals surface area (Å²) in [5.41, 5.74) is -0.896. The van der Waals surface area contributed by atoms with Gasteiger partial charge < -0.3 is 55.0 Å². The van der Waals surface area contributed by atoms with E-state index in [4.69, 9.17) is 23.7 Å². The lowest BCUT2D eigenvalue weighted by atomic mass is 9.72. The first kappa shape index (κ1) is 48.0. The van der Waals surface area contributed by atoms with E-state index in [1.54, 1.807) is 19.1 Å². The van der Waals surface area contributed by atoms with E-state index in [1.807, 2.05) is 48.5 Å². The number of aliphatic carboxylic acids is 1. The third kappa shape index (κ3) is 10.4. The van der Waals surface area contributed by atoms with E-state index in [0.29, 0.717) is 44.9 Å². The summed E-state index contributed by atoms with van der Waals surface area (Å²) < 4.78 is 33.6. The van der Waals surface area contributed by atoms with Gasteiger partial charge in [-0.2, -0.15) is 0 Å². The fraction of sp³-hybridized carbons (Fsp3) is 0.841. The molecule has 60 heavy (non-hydrogen) atoms. The Balaban J connectivity index is 1.38. The SMILES string of the molecule is CCC(C(=O)[C@@H](C)[C@@H](O)[C@H](C)[C@@H]1O[C@@H](CC(=O)O)CC[C@@H]1C)[C@H]1O[C@]2(C=C[C@@H](NC(=O)C(=O)NCCNC(C)=O)[C@]3(CC[C@@](C)([C@H]4CC[C@@H](O)[C@H](C)O4)O3)O2)[C@H](C)C[C@@H]1C. The highest BCUT2D eigenvalue weighted by Crippen LogP contribution is 2.53. The van der Waals surface area contributed by atoms with Crippen molar-refractivity contribution in [2.45, 2.75) is 186 Å². The van der Waals surface area contributed by atoms with Crippen LogP contribution in [0.4, 0.5) is 0 Å². The second-order valence-electron chi connectivity index (χ2n) is 18.7. The first-order valence-corrected chi connectivity index (χ1v) is 22.2. The van der Waals surface area contributed by atoms with Crippen molar-refractivity contribution in [1.82, 2.24) is 16.0 Å².